The number of carboxylic acid groups (broad SMARTS) is 1. The quantitative estimate of drug-likeness (QED) is 0.874. The maximum atomic E-state index is 13.0. The van der Waals surface area contributed by atoms with E-state index in [4.69, 9.17) is 0 Å². The Balaban J connectivity index is 2.30. The van der Waals surface area contributed by atoms with Crippen molar-refractivity contribution in [2.24, 2.45) is 0 Å². The van der Waals surface area contributed by atoms with Gasteiger partial charge in [-0.15, -0.1) is 11.3 Å². The fraction of sp³-hybridized carbons (Fsp3) is 0.600. The van der Waals surface area contributed by atoms with Crippen LogP contribution >= 0.6 is 11.3 Å². The molecule has 0 atom stereocenters. The number of carbonyl (C=O) groups is 1. The monoisotopic (exact) mass is 247 g/mol. The Morgan fingerprint density at radius 3 is 2.44 bits per heavy atom. The number of hydrogen-bond donors (Lipinski definition) is 1. The van der Waals surface area contributed by atoms with Crippen LogP contribution in [-0.2, 0) is 10.2 Å². The van der Waals surface area contributed by atoms with E-state index < -0.39 is 17.3 Å². The lowest BCUT2D eigenvalue weighted by Crippen LogP contribution is -2.42. The summed E-state index contributed by atoms with van der Waals surface area (Å²) in [6.07, 6.45) is -0.841. The van der Waals surface area contributed by atoms with Crippen molar-refractivity contribution in [2.45, 2.75) is 37.0 Å². The Kier molecular flexibility index (Phi) is 2.69. The number of hydrogen-bond acceptors (Lipinski definition) is 3. The van der Waals surface area contributed by atoms with Crippen LogP contribution in [0.5, 0.6) is 0 Å². The molecule has 1 saturated carbocycles. The molecule has 0 spiro atoms. The van der Waals surface area contributed by atoms with Crippen LogP contribution in [0, 0.1) is 0 Å². The summed E-state index contributed by atoms with van der Waals surface area (Å²) in [5, 5.41) is 10.9. The van der Waals surface area contributed by atoms with Gasteiger partial charge in [0.2, 0.25) is 5.92 Å². The first-order valence-electron chi connectivity index (χ1n) is 4.96. The van der Waals surface area contributed by atoms with Crippen molar-refractivity contribution < 1.29 is 18.7 Å². The number of aliphatic carboxylic acids is 1. The second-order valence-electron chi connectivity index (χ2n) is 4.12. The lowest BCUT2D eigenvalue weighted by Gasteiger charge is -2.35. The van der Waals surface area contributed by atoms with Crippen molar-refractivity contribution in [3.05, 3.63) is 16.6 Å². The van der Waals surface area contributed by atoms with Crippen molar-refractivity contribution in [1.29, 1.82) is 0 Å². The number of thiazole rings is 1. The van der Waals surface area contributed by atoms with Gasteiger partial charge in [0, 0.05) is 18.2 Å². The van der Waals surface area contributed by atoms with E-state index in [-0.39, 0.29) is 25.7 Å². The van der Waals surface area contributed by atoms with E-state index in [9.17, 15) is 18.7 Å². The average molecular weight is 247 g/mol. The topological polar surface area (TPSA) is 50.2 Å². The summed E-state index contributed by atoms with van der Waals surface area (Å²) in [7, 11) is 0. The summed E-state index contributed by atoms with van der Waals surface area (Å²) in [5.41, 5.74) is 0.745. The Hall–Kier alpha value is -1.04. The van der Waals surface area contributed by atoms with E-state index in [1.165, 1.54) is 16.8 Å². The van der Waals surface area contributed by atoms with Crippen LogP contribution in [0.25, 0.3) is 0 Å². The molecular weight excluding hydrogens is 236 g/mol. The number of aromatic nitrogens is 1. The van der Waals surface area contributed by atoms with Gasteiger partial charge in [0.05, 0.1) is 11.2 Å². The van der Waals surface area contributed by atoms with Crippen LogP contribution in [0.1, 0.15) is 31.4 Å². The first kappa shape index (κ1) is 11.4. The summed E-state index contributed by atoms with van der Waals surface area (Å²) < 4.78 is 26.1. The van der Waals surface area contributed by atoms with E-state index >= 15 is 0 Å². The van der Waals surface area contributed by atoms with Crippen molar-refractivity contribution >= 4 is 17.3 Å². The zero-order chi connectivity index (χ0) is 11.8. The van der Waals surface area contributed by atoms with E-state index in [1.807, 2.05) is 0 Å². The molecule has 16 heavy (non-hydrogen) atoms. The minimum Gasteiger partial charge on any atom is -0.481 e. The Morgan fingerprint density at radius 2 is 2.00 bits per heavy atom. The average Bonchev–Trinajstić information content (AvgIpc) is 2.71. The van der Waals surface area contributed by atoms with Crippen LogP contribution in [-0.4, -0.2) is 22.0 Å². The fourth-order valence-electron chi connectivity index (χ4n) is 2.07. The Bertz CT molecular complexity index is 382. The van der Waals surface area contributed by atoms with Crippen molar-refractivity contribution in [1.82, 2.24) is 4.98 Å². The molecule has 0 aliphatic heterocycles. The molecule has 0 radical (unpaired) electrons. The first-order valence-corrected chi connectivity index (χ1v) is 5.90. The molecule has 0 saturated heterocycles. The van der Waals surface area contributed by atoms with Crippen LogP contribution < -0.4 is 0 Å². The molecule has 1 aromatic rings. The van der Waals surface area contributed by atoms with Gasteiger partial charge in [-0.3, -0.25) is 4.79 Å². The molecule has 0 amide bonds. The maximum Gasteiger partial charge on any atom is 0.315 e. The molecule has 1 N–H and O–H groups in total. The van der Waals surface area contributed by atoms with E-state index in [2.05, 4.69) is 4.98 Å². The molecule has 1 aliphatic carbocycles. The molecule has 0 unspecified atom stereocenters. The highest BCUT2D eigenvalue weighted by Crippen LogP contribution is 2.45. The highest BCUT2D eigenvalue weighted by molar-refractivity contribution is 7.07. The van der Waals surface area contributed by atoms with Gasteiger partial charge in [-0.1, -0.05) is 0 Å². The third-order valence-electron chi connectivity index (χ3n) is 3.17. The molecule has 1 aliphatic rings. The SMILES string of the molecule is O=C(O)C1(c2cscn2)CCC(F)(F)CC1. The van der Waals surface area contributed by atoms with Gasteiger partial charge in [0.15, 0.2) is 0 Å². The predicted molar refractivity (Wildman–Crippen MR) is 54.8 cm³/mol. The van der Waals surface area contributed by atoms with Crippen molar-refractivity contribution in [2.75, 3.05) is 0 Å². The molecule has 88 valence electrons. The predicted octanol–water partition coefficient (Wildman–Crippen LogP) is 2.67. The summed E-state index contributed by atoms with van der Waals surface area (Å²) in [5.74, 6) is -3.77. The molecule has 1 heterocycles. The number of halogens is 2. The van der Waals surface area contributed by atoms with Gasteiger partial charge in [0.1, 0.15) is 5.41 Å². The number of carboxylic acids is 1. The minimum atomic E-state index is -2.73. The summed E-state index contributed by atoms with van der Waals surface area (Å²) in [4.78, 5) is 15.3. The molecular formula is C10H11F2NO2S. The van der Waals surface area contributed by atoms with Gasteiger partial charge in [-0.2, -0.15) is 0 Å². The molecule has 0 bridgehead atoms. The molecule has 1 fully saturated rings. The Labute approximate surface area is 95.1 Å². The van der Waals surface area contributed by atoms with Crippen LogP contribution in [0.2, 0.25) is 0 Å². The van der Waals surface area contributed by atoms with E-state index in [0.717, 1.165) is 0 Å². The zero-order valence-corrected chi connectivity index (χ0v) is 9.27. The maximum absolute atomic E-state index is 13.0. The smallest absolute Gasteiger partial charge is 0.315 e. The van der Waals surface area contributed by atoms with E-state index in [1.54, 1.807) is 5.38 Å². The summed E-state index contributed by atoms with van der Waals surface area (Å²) in [6, 6.07) is 0. The van der Waals surface area contributed by atoms with Crippen LogP contribution in [0.15, 0.2) is 10.9 Å². The van der Waals surface area contributed by atoms with Crippen molar-refractivity contribution in [3.63, 3.8) is 0 Å². The third kappa shape index (κ3) is 1.81. The molecule has 1 aromatic heterocycles. The van der Waals surface area contributed by atoms with Crippen LogP contribution in [0.4, 0.5) is 8.78 Å². The first-order chi connectivity index (χ1) is 7.46. The van der Waals surface area contributed by atoms with E-state index in [0.29, 0.717) is 5.69 Å². The summed E-state index contributed by atoms with van der Waals surface area (Å²) >= 11 is 1.29. The normalized spacial score (nSPS) is 22.9. The molecule has 0 aromatic carbocycles. The summed E-state index contributed by atoms with van der Waals surface area (Å²) in [6.45, 7) is 0. The van der Waals surface area contributed by atoms with Crippen molar-refractivity contribution in [3.8, 4) is 0 Å². The second kappa shape index (κ2) is 3.76. The second-order valence-corrected chi connectivity index (χ2v) is 4.84. The third-order valence-corrected chi connectivity index (χ3v) is 3.75. The zero-order valence-electron chi connectivity index (χ0n) is 8.45. The van der Waals surface area contributed by atoms with Gasteiger partial charge in [-0.05, 0) is 12.8 Å². The minimum absolute atomic E-state index is 0.0426. The Morgan fingerprint density at radius 1 is 1.38 bits per heavy atom. The molecule has 3 nitrogen and oxygen atoms in total. The number of nitrogens with zero attached hydrogens (tertiary/aromatic N) is 1. The highest BCUT2D eigenvalue weighted by atomic mass is 32.1. The largest absolute Gasteiger partial charge is 0.481 e. The number of alkyl halides is 2. The lowest BCUT2D eigenvalue weighted by molar-refractivity contribution is -0.149. The number of rotatable bonds is 2. The van der Waals surface area contributed by atoms with Gasteiger partial charge in [-0.25, -0.2) is 13.8 Å². The van der Waals surface area contributed by atoms with Gasteiger partial charge >= 0.3 is 5.97 Å². The fourth-order valence-corrected chi connectivity index (χ4v) is 2.72. The molecule has 6 heteroatoms. The molecule has 2 rings (SSSR count). The van der Waals surface area contributed by atoms with Crippen LogP contribution in [0.3, 0.4) is 0 Å². The van der Waals surface area contributed by atoms with Gasteiger partial charge < -0.3 is 5.11 Å². The highest BCUT2D eigenvalue weighted by Gasteiger charge is 2.50. The van der Waals surface area contributed by atoms with Gasteiger partial charge in [0.25, 0.3) is 0 Å². The standard InChI is InChI=1S/C10H11F2NO2S/c11-10(12)3-1-9(2-4-10,8(14)15)7-5-16-6-13-7/h5-6H,1-4H2,(H,14,15). The lowest BCUT2D eigenvalue weighted by atomic mass is 9.71.